The van der Waals surface area contributed by atoms with E-state index in [0.717, 1.165) is 10.9 Å². The van der Waals surface area contributed by atoms with Crippen molar-refractivity contribution in [3.8, 4) is 0 Å². The highest BCUT2D eigenvalue weighted by Crippen LogP contribution is 2.25. The maximum atomic E-state index is 11.6. The molecular weight excluding hydrogens is 234 g/mol. The highest BCUT2D eigenvalue weighted by atomic mass is 16.5. The van der Waals surface area contributed by atoms with Crippen LogP contribution in [0.4, 0.5) is 0 Å². The maximum Gasteiger partial charge on any atom is 0.341 e. The summed E-state index contributed by atoms with van der Waals surface area (Å²) in [6.45, 7) is 2.18. The minimum absolute atomic E-state index is 0.290. The Hall–Kier alpha value is -2.30. The zero-order chi connectivity index (χ0) is 13.1. The van der Waals surface area contributed by atoms with E-state index in [9.17, 15) is 9.59 Å². The standard InChI is InChI=1S/C13H13NO4/c1-8-3-9-5-10(6-14-7-15)18-12(9)11(4-8)13(16)17-2/h3-5,7H,6H2,1-2H3,(H,14,15). The van der Waals surface area contributed by atoms with Gasteiger partial charge in [0, 0.05) is 5.39 Å². The van der Waals surface area contributed by atoms with Crippen LogP contribution in [0.15, 0.2) is 22.6 Å². The van der Waals surface area contributed by atoms with Crippen LogP contribution in [0.1, 0.15) is 21.7 Å². The Kier molecular flexibility index (Phi) is 3.32. The van der Waals surface area contributed by atoms with Gasteiger partial charge in [-0.1, -0.05) is 0 Å². The number of carbonyl (C=O) groups is 2. The molecule has 0 atom stereocenters. The average molecular weight is 247 g/mol. The summed E-state index contributed by atoms with van der Waals surface area (Å²) < 4.78 is 10.3. The number of rotatable bonds is 4. The number of benzene rings is 1. The summed E-state index contributed by atoms with van der Waals surface area (Å²) in [6.07, 6.45) is 0.597. The predicted octanol–water partition coefficient (Wildman–Crippen LogP) is 1.77. The molecule has 1 heterocycles. The van der Waals surface area contributed by atoms with Crippen molar-refractivity contribution >= 4 is 23.3 Å². The van der Waals surface area contributed by atoms with Gasteiger partial charge in [0.2, 0.25) is 6.41 Å². The fraction of sp³-hybridized carbons (Fsp3) is 0.231. The van der Waals surface area contributed by atoms with Crippen LogP contribution in [0.5, 0.6) is 0 Å². The molecule has 0 spiro atoms. The number of methoxy groups -OCH3 is 1. The third-order valence-corrected chi connectivity index (χ3v) is 2.58. The highest BCUT2D eigenvalue weighted by Gasteiger charge is 2.15. The lowest BCUT2D eigenvalue weighted by molar-refractivity contribution is -0.109. The molecule has 0 saturated heterocycles. The topological polar surface area (TPSA) is 68.5 Å². The Morgan fingerprint density at radius 3 is 2.89 bits per heavy atom. The van der Waals surface area contributed by atoms with Crippen molar-refractivity contribution in [2.24, 2.45) is 0 Å². The van der Waals surface area contributed by atoms with Gasteiger partial charge in [-0.3, -0.25) is 4.79 Å². The number of hydrogen-bond donors (Lipinski definition) is 1. The molecule has 1 amide bonds. The molecule has 0 bridgehead atoms. The van der Waals surface area contributed by atoms with Crippen molar-refractivity contribution in [1.29, 1.82) is 0 Å². The first-order chi connectivity index (χ1) is 8.65. The number of ether oxygens (including phenoxy) is 1. The van der Waals surface area contributed by atoms with Gasteiger partial charge < -0.3 is 14.5 Å². The second kappa shape index (κ2) is 4.91. The fourth-order valence-corrected chi connectivity index (χ4v) is 1.85. The van der Waals surface area contributed by atoms with Crippen LogP contribution in [-0.2, 0) is 16.1 Å². The Bertz CT molecular complexity index is 600. The summed E-state index contributed by atoms with van der Waals surface area (Å²) in [5, 5.41) is 3.33. The smallest absolute Gasteiger partial charge is 0.341 e. The monoisotopic (exact) mass is 247 g/mol. The minimum atomic E-state index is -0.437. The van der Waals surface area contributed by atoms with Crippen LogP contribution in [0, 0.1) is 6.92 Å². The number of aryl methyl sites for hydroxylation is 1. The summed E-state index contributed by atoms with van der Waals surface area (Å²) in [5.41, 5.74) is 1.82. The van der Waals surface area contributed by atoms with Gasteiger partial charge in [-0.2, -0.15) is 0 Å². The lowest BCUT2D eigenvalue weighted by atomic mass is 10.1. The molecule has 1 aromatic carbocycles. The zero-order valence-corrected chi connectivity index (χ0v) is 10.1. The van der Waals surface area contributed by atoms with Crippen LogP contribution >= 0.6 is 0 Å². The molecule has 94 valence electrons. The van der Waals surface area contributed by atoms with Crippen molar-refractivity contribution in [3.63, 3.8) is 0 Å². The third-order valence-electron chi connectivity index (χ3n) is 2.58. The fourth-order valence-electron chi connectivity index (χ4n) is 1.85. The summed E-state index contributed by atoms with van der Waals surface area (Å²) in [7, 11) is 1.33. The number of furan rings is 1. The van der Waals surface area contributed by atoms with Crippen molar-refractivity contribution in [3.05, 3.63) is 35.1 Å². The molecule has 5 nitrogen and oxygen atoms in total. The lowest BCUT2D eigenvalue weighted by Gasteiger charge is -2.01. The van der Waals surface area contributed by atoms with E-state index in [1.807, 2.05) is 13.0 Å². The van der Waals surface area contributed by atoms with E-state index >= 15 is 0 Å². The first-order valence-electron chi connectivity index (χ1n) is 5.44. The van der Waals surface area contributed by atoms with Gasteiger partial charge in [-0.15, -0.1) is 0 Å². The molecule has 0 unspecified atom stereocenters. The van der Waals surface area contributed by atoms with E-state index in [2.05, 4.69) is 5.32 Å². The van der Waals surface area contributed by atoms with E-state index in [4.69, 9.17) is 9.15 Å². The lowest BCUT2D eigenvalue weighted by Crippen LogP contribution is -2.08. The molecular formula is C13H13NO4. The van der Waals surface area contributed by atoms with Crippen LogP contribution in [0.25, 0.3) is 11.0 Å². The van der Waals surface area contributed by atoms with Gasteiger partial charge in [-0.05, 0) is 30.7 Å². The molecule has 0 aliphatic rings. The number of carbonyl (C=O) groups excluding carboxylic acids is 2. The quantitative estimate of drug-likeness (QED) is 0.660. The Balaban J connectivity index is 2.52. The number of esters is 1. The van der Waals surface area contributed by atoms with E-state index < -0.39 is 5.97 Å². The van der Waals surface area contributed by atoms with Gasteiger partial charge >= 0.3 is 5.97 Å². The SMILES string of the molecule is COC(=O)c1cc(C)cc2cc(CNC=O)oc12. The number of fused-ring (bicyclic) bond motifs is 1. The molecule has 0 aliphatic carbocycles. The Morgan fingerprint density at radius 2 is 2.22 bits per heavy atom. The molecule has 1 aromatic heterocycles. The van der Waals surface area contributed by atoms with Gasteiger partial charge in [0.25, 0.3) is 0 Å². The van der Waals surface area contributed by atoms with Crippen LogP contribution in [0.2, 0.25) is 0 Å². The van der Waals surface area contributed by atoms with Crippen molar-refractivity contribution in [2.45, 2.75) is 13.5 Å². The zero-order valence-electron chi connectivity index (χ0n) is 10.1. The van der Waals surface area contributed by atoms with Crippen molar-refractivity contribution in [2.75, 3.05) is 7.11 Å². The number of nitrogens with one attached hydrogen (secondary N) is 1. The van der Waals surface area contributed by atoms with Crippen molar-refractivity contribution in [1.82, 2.24) is 5.32 Å². The second-order valence-corrected chi connectivity index (χ2v) is 3.93. The molecule has 5 heteroatoms. The third kappa shape index (κ3) is 2.20. The number of amides is 1. The van der Waals surface area contributed by atoms with E-state index in [1.165, 1.54) is 7.11 Å². The van der Waals surface area contributed by atoms with E-state index in [0.29, 0.717) is 23.3 Å². The summed E-state index contributed by atoms with van der Waals surface area (Å²) in [4.78, 5) is 21.9. The van der Waals surface area contributed by atoms with Gasteiger partial charge in [0.05, 0.1) is 13.7 Å². The molecule has 18 heavy (non-hydrogen) atoms. The second-order valence-electron chi connectivity index (χ2n) is 3.93. The predicted molar refractivity (Wildman–Crippen MR) is 65.2 cm³/mol. The summed E-state index contributed by atoms with van der Waals surface area (Å²) in [6, 6.07) is 5.43. The normalized spacial score (nSPS) is 10.3. The summed E-state index contributed by atoms with van der Waals surface area (Å²) in [5.74, 6) is 0.154. The maximum absolute atomic E-state index is 11.6. The summed E-state index contributed by atoms with van der Waals surface area (Å²) >= 11 is 0. The largest absolute Gasteiger partial charge is 0.465 e. The van der Waals surface area contributed by atoms with Crippen molar-refractivity contribution < 1.29 is 18.7 Å². The van der Waals surface area contributed by atoms with E-state index in [-0.39, 0.29) is 6.54 Å². The molecule has 0 radical (unpaired) electrons. The first-order valence-corrected chi connectivity index (χ1v) is 5.44. The molecule has 0 fully saturated rings. The Labute approximate surface area is 104 Å². The minimum Gasteiger partial charge on any atom is -0.465 e. The van der Waals surface area contributed by atoms with Gasteiger partial charge in [0.1, 0.15) is 16.9 Å². The number of hydrogen-bond acceptors (Lipinski definition) is 4. The molecule has 0 saturated carbocycles. The molecule has 0 aliphatic heterocycles. The van der Waals surface area contributed by atoms with Gasteiger partial charge in [-0.25, -0.2) is 4.79 Å². The average Bonchev–Trinajstić information content (AvgIpc) is 2.76. The van der Waals surface area contributed by atoms with Gasteiger partial charge in [0.15, 0.2) is 0 Å². The Morgan fingerprint density at radius 1 is 1.44 bits per heavy atom. The molecule has 1 N–H and O–H groups in total. The first kappa shape index (κ1) is 12.2. The van der Waals surface area contributed by atoms with Crippen LogP contribution < -0.4 is 5.32 Å². The highest BCUT2D eigenvalue weighted by molar-refractivity contribution is 6.02. The molecule has 2 rings (SSSR count). The van der Waals surface area contributed by atoms with Crippen LogP contribution in [0.3, 0.4) is 0 Å². The van der Waals surface area contributed by atoms with Crippen LogP contribution in [-0.4, -0.2) is 19.5 Å². The molecule has 2 aromatic rings. The van der Waals surface area contributed by atoms with E-state index in [1.54, 1.807) is 12.1 Å².